The van der Waals surface area contributed by atoms with Crippen molar-refractivity contribution >= 4 is 45.3 Å². The van der Waals surface area contributed by atoms with E-state index in [1.54, 1.807) is 30.5 Å². The van der Waals surface area contributed by atoms with E-state index in [-0.39, 0.29) is 4.21 Å². The van der Waals surface area contributed by atoms with E-state index in [0.717, 1.165) is 23.5 Å². The van der Waals surface area contributed by atoms with Crippen LogP contribution < -0.4 is 14.0 Å². The third-order valence-corrected chi connectivity index (χ3v) is 9.19. The first-order chi connectivity index (χ1) is 18.8. The van der Waals surface area contributed by atoms with Crippen LogP contribution in [0.25, 0.3) is 10.1 Å². The highest BCUT2D eigenvalue weighted by Gasteiger charge is 2.35. The van der Waals surface area contributed by atoms with Crippen molar-refractivity contribution in [1.29, 1.82) is 5.26 Å². The number of halogens is 3. The fraction of sp³-hybridized carbons (Fsp3) is 0.200. The number of nitrogens with zero attached hydrogens (tertiary/aromatic N) is 2. The number of nitriles is 1. The molecule has 1 heterocycles. The van der Waals surface area contributed by atoms with Crippen LogP contribution in [0.3, 0.4) is 0 Å². The highest BCUT2D eigenvalue weighted by atomic mass is 32.2. The molecule has 0 amide bonds. The molecule has 0 spiro atoms. The van der Waals surface area contributed by atoms with Crippen LogP contribution in [0.4, 0.5) is 13.2 Å². The number of fused-ring (bicyclic) bond motifs is 1. The highest BCUT2D eigenvalue weighted by Crippen LogP contribution is 2.44. The van der Waals surface area contributed by atoms with Crippen LogP contribution in [-0.4, -0.2) is 39.0 Å². The first kappa shape index (κ1) is 31.1. The van der Waals surface area contributed by atoms with Gasteiger partial charge in [0.1, 0.15) is 28.6 Å². The predicted molar refractivity (Wildman–Crippen MR) is 146 cm³/mol. The molecule has 1 aromatic heterocycles. The number of hydrogen-bond acceptors (Lipinski definition) is 8. The predicted octanol–water partition coefficient (Wildman–Crippen LogP) is 5.87. The molecular formula is C25H23F3N3O6PS2. The van der Waals surface area contributed by atoms with Crippen LogP contribution in [0.15, 0.2) is 76.0 Å². The number of aliphatic imine (C=N–C) groups is 1. The molecule has 2 aromatic carbocycles. The zero-order chi connectivity index (χ0) is 29.4. The Hall–Kier alpha value is -3.47. The molecule has 0 radical (unpaired) electrons. The van der Waals surface area contributed by atoms with Gasteiger partial charge in [0, 0.05) is 10.9 Å². The number of nitrogens with one attached hydrogen (secondary N) is 1. The maximum absolute atomic E-state index is 13.1. The van der Waals surface area contributed by atoms with E-state index >= 15 is 0 Å². The van der Waals surface area contributed by atoms with E-state index in [9.17, 15) is 31.0 Å². The first-order valence-corrected chi connectivity index (χ1v) is 15.5. The molecule has 212 valence electrons. The molecule has 0 bridgehead atoms. The molecule has 0 fully saturated rings. The Balaban J connectivity index is 1.64. The second kappa shape index (κ2) is 13.3. The molecule has 3 aromatic rings. The summed E-state index contributed by atoms with van der Waals surface area (Å²) < 4.78 is 90.2. The Morgan fingerprint density at radius 3 is 2.60 bits per heavy atom. The summed E-state index contributed by atoms with van der Waals surface area (Å²) in [4.78, 5) is 14.3. The topological polar surface area (TPSA) is 138 Å². The van der Waals surface area contributed by atoms with E-state index in [0.29, 0.717) is 35.1 Å². The van der Waals surface area contributed by atoms with Gasteiger partial charge in [-0.2, -0.15) is 23.2 Å². The average Bonchev–Trinajstić information content (AvgIpc) is 3.33. The van der Waals surface area contributed by atoms with Crippen molar-refractivity contribution in [1.82, 2.24) is 4.72 Å². The van der Waals surface area contributed by atoms with Crippen LogP contribution in [0.1, 0.15) is 18.1 Å². The minimum atomic E-state index is -4.91. The third-order valence-electron chi connectivity index (χ3n) is 4.95. The summed E-state index contributed by atoms with van der Waals surface area (Å²) in [6.07, 6.45) is 3.01. The monoisotopic (exact) mass is 613 g/mol. The van der Waals surface area contributed by atoms with Crippen molar-refractivity contribution in [3.8, 4) is 17.6 Å². The van der Waals surface area contributed by atoms with Gasteiger partial charge < -0.3 is 14.2 Å². The fourth-order valence-electron chi connectivity index (χ4n) is 3.13. The van der Waals surface area contributed by atoms with Crippen LogP contribution >= 0.6 is 18.9 Å². The van der Waals surface area contributed by atoms with E-state index in [1.165, 1.54) is 12.1 Å². The van der Waals surface area contributed by atoms with Crippen LogP contribution in [0, 0.1) is 11.3 Å². The summed E-state index contributed by atoms with van der Waals surface area (Å²) >= 11 is 0.893. The number of thiophene rings is 1. The van der Waals surface area contributed by atoms with Crippen LogP contribution in [0.2, 0.25) is 0 Å². The Morgan fingerprint density at radius 2 is 1.90 bits per heavy atom. The van der Waals surface area contributed by atoms with Crippen LogP contribution in [-0.2, 0) is 20.8 Å². The molecule has 9 nitrogen and oxygen atoms in total. The molecular weight excluding hydrogens is 590 g/mol. The summed E-state index contributed by atoms with van der Waals surface area (Å²) in [7, 11) is -9.05. The quantitative estimate of drug-likeness (QED) is 0.113. The van der Waals surface area contributed by atoms with Gasteiger partial charge >= 0.3 is 13.8 Å². The molecule has 2 N–H and O–H groups in total. The molecule has 0 saturated heterocycles. The normalized spacial score (nSPS) is 14.2. The number of sulfonamides is 1. The summed E-state index contributed by atoms with van der Waals surface area (Å²) in [5, 5.41) is 9.45. The van der Waals surface area contributed by atoms with Crippen molar-refractivity contribution < 1.29 is 40.3 Å². The molecule has 0 aliphatic rings. The number of hydrogen-bond donors (Lipinski definition) is 2. The third kappa shape index (κ3) is 8.77. The molecule has 3 rings (SSSR count). The van der Waals surface area contributed by atoms with Crippen LogP contribution in [0.5, 0.6) is 11.5 Å². The molecule has 0 saturated carbocycles. The van der Waals surface area contributed by atoms with E-state index in [2.05, 4.69) is 4.99 Å². The van der Waals surface area contributed by atoms with Gasteiger partial charge in [-0.3, -0.25) is 4.99 Å². The maximum Gasteiger partial charge on any atom is 0.417 e. The average molecular weight is 614 g/mol. The minimum Gasteiger partial charge on any atom is -0.492 e. The molecule has 1 unspecified atom stereocenters. The highest BCUT2D eigenvalue weighted by molar-refractivity contribution is 7.92. The van der Waals surface area contributed by atoms with Gasteiger partial charge in [-0.1, -0.05) is 18.2 Å². The molecule has 0 aliphatic heterocycles. The summed E-state index contributed by atoms with van der Waals surface area (Å²) in [6.45, 7) is 2.61. The van der Waals surface area contributed by atoms with Gasteiger partial charge in [0.25, 0.3) is 10.0 Å². The summed E-state index contributed by atoms with van der Waals surface area (Å²) in [5.41, 5.74) is -2.06. The van der Waals surface area contributed by atoms with Crippen molar-refractivity contribution in [2.45, 2.75) is 17.3 Å². The number of ether oxygens (including phenoxy) is 1. The van der Waals surface area contributed by atoms with E-state index < -0.39 is 47.0 Å². The minimum absolute atomic E-state index is 0.158. The molecule has 1 atom stereocenters. The standard InChI is InChI=1S/C25H23F3N3O6PS2/c1-2-3-4-5-10-30-11-12-36-20-8-6-18-13-24(39-23(18)15-20)40(34,35)31-17-38(32,33)37-21-9-7-19(16-29)22(14-21)25(26,27)28/h2-10,13-15,31H,11-12,17H2,1H3,(H,32,33)/b3-2-,5-4-,30-10?. The summed E-state index contributed by atoms with van der Waals surface area (Å²) in [6, 6.07) is 9.81. The van der Waals surface area contributed by atoms with E-state index in [4.69, 9.17) is 14.5 Å². The van der Waals surface area contributed by atoms with Gasteiger partial charge in [0.05, 0.1) is 23.7 Å². The van der Waals surface area contributed by atoms with Crippen molar-refractivity contribution in [2.75, 3.05) is 19.4 Å². The zero-order valence-electron chi connectivity index (χ0n) is 20.8. The lowest BCUT2D eigenvalue weighted by molar-refractivity contribution is -0.137. The lowest BCUT2D eigenvalue weighted by Gasteiger charge is -2.16. The van der Waals surface area contributed by atoms with Crippen molar-refractivity contribution in [3.05, 3.63) is 77.9 Å². The van der Waals surface area contributed by atoms with Gasteiger partial charge in [-0.25, -0.2) is 13.0 Å². The number of benzene rings is 2. The summed E-state index contributed by atoms with van der Waals surface area (Å²) in [5.74, 6) is -0.152. The molecule has 15 heteroatoms. The Bertz CT molecular complexity index is 1640. The lowest BCUT2D eigenvalue weighted by atomic mass is 10.1. The van der Waals surface area contributed by atoms with Gasteiger partial charge in [0.15, 0.2) is 0 Å². The van der Waals surface area contributed by atoms with Crippen molar-refractivity contribution in [3.63, 3.8) is 0 Å². The second-order valence-corrected chi connectivity index (χ2v) is 12.8. The smallest absolute Gasteiger partial charge is 0.417 e. The molecule has 40 heavy (non-hydrogen) atoms. The Labute approximate surface area is 232 Å². The largest absolute Gasteiger partial charge is 0.492 e. The number of alkyl halides is 3. The van der Waals surface area contributed by atoms with Gasteiger partial charge in [0.2, 0.25) is 0 Å². The Kier molecular flexibility index (Phi) is 10.3. The first-order valence-electron chi connectivity index (χ1n) is 11.4. The SMILES string of the molecule is C/C=C\C=C/C=NCCOc1ccc2cc(S(=O)(=O)NCP(=O)(O)Oc3ccc(C#N)c(C(F)(F)F)c3)sc2c1. The van der Waals surface area contributed by atoms with Crippen molar-refractivity contribution in [2.24, 2.45) is 4.99 Å². The van der Waals surface area contributed by atoms with Gasteiger partial charge in [-0.05, 0) is 60.9 Å². The second-order valence-electron chi connectivity index (χ2n) is 7.93. The zero-order valence-corrected chi connectivity index (χ0v) is 23.4. The molecule has 0 aliphatic carbocycles. The fourth-order valence-corrected chi connectivity index (χ4v) is 7.10. The van der Waals surface area contributed by atoms with Gasteiger partial charge in [-0.15, -0.1) is 11.3 Å². The maximum atomic E-state index is 13.1. The Morgan fingerprint density at radius 1 is 1.15 bits per heavy atom. The number of allylic oxidation sites excluding steroid dienone is 4. The number of rotatable bonds is 12. The van der Waals surface area contributed by atoms with E-state index in [1.807, 2.05) is 29.9 Å². The lowest BCUT2D eigenvalue weighted by Crippen LogP contribution is -2.25.